The van der Waals surface area contributed by atoms with Crippen LogP contribution in [0.15, 0.2) is 53.4 Å². The number of rotatable bonds is 4. The molecule has 3 aromatic rings. The Labute approximate surface area is 170 Å². The van der Waals surface area contributed by atoms with E-state index in [4.69, 9.17) is 4.98 Å². The van der Waals surface area contributed by atoms with Gasteiger partial charge in [-0.15, -0.1) is 0 Å². The lowest BCUT2D eigenvalue weighted by Gasteiger charge is -2.32. The number of likely N-dealkylation sites (tertiary alicyclic amines) is 1. The SMILES string of the molecule is CN(C)S(=O)(=O)c1ccc(C(=O)N2CCCC(c3nc4ccccc4[nH]3)C2)cc1. The highest BCUT2D eigenvalue weighted by atomic mass is 32.2. The number of aromatic amines is 1. The molecule has 1 aromatic heterocycles. The molecule has 0 spiro atoms. The van der Waals surface area contributed by atoms with E-state index in [9.17, 15) is 13.2 Å². The molecule has 4 rings (SSSR count). The summed E-state index contributed by atoms with van der Waals surface area (Å²) in [7, 11) is -0.533. The highest BCUT2D eigenvalue weighted by Gasteiger charge is 2.28. The van der Waals surface area contributed by atoms with Crippen molar-refractivity contribution in [3.8, 4) is 0 Å². The third kappa shape index (κ3) is 3.77. The number of amides is 1. The van der Waals surface area contributed by atoms with E-state index in [1.54, 1.807) is 12.1 Å². The molecular weight excluding hydrogens is 388 g/mol. The highest BCUT2D eigenvalue weighted by molar-refractivity contribution is 7.89. The van der Waals surface area contributed by atoms with Gasteiger partial charge < -0.3 is 9.88 Å². The van der Waals surface area contributed by atoms with Crippen LogP contribution in [0.5, 0.6) is 0 Å². The van der Waals surface area contributed by atoms with Crippen LogP contribution in [0.3, 0.4) is 0 Å². The Morgan fingerprint density at radius 3 is 2.55 bits per heavy atom. The molecule has 0 bridgehead atoms. The van der Waals surface area contributed by atoms with Crippen molar-refractivity contribution in [3.05, 3.63) is 59.9 Å². The van der Waals surface area contributed by atoms with Gasteiger partial charge in [0.2, 0.25) is 10.0 Å². The zero-order valence-electron chi connectivity index (χ0n) is 16.5. The maximum atomic E-state index is 13.0. The maximum absolute atomic E-state index is 13.0. The number of H-pyrrole nitrogens is 1. The largest absolute Gasteiger partial charge is 0.342 e. The fourth-order valence-corrected chi connectivity index (χ4v) is 4.62. The number of piperidine rings is 1. The van der Waals surface area contributed by atoms with Gasteiger partial charge in [-0.1, -0.05) is 12.1 Å². The fourth-order valence-electron chi connectivity index (χ4n) is 3.71. The van der Waals surface area contributed by atoms with Crippen molar-refractivity contribution in [1.82, 2.24) is 19.2 Å². The smallest absolute Gasteiger partial charge is 0.253 e. The summed E-state index contributed by atoms with van der Waals surface area (Å²) in [4.78, 5) is 23.1. The molecule has 1 amide bonds. The lowest BCUT2D eigenvalue weighted by Crippen LogP contribution is -2.39. The van der Waals surface area contributed by atoms with Gasteiger partial charge in [0.1, 0.15) is 5.82 Å². The van der Waals surface area contributed by atoms with E-state index in [1.165, 1.54) is 26.2 Å². The van der Waals surface area contributed by atoms with Crippen LogP contribution in [0.4, 0.5) is 0 Å². The molecule has 1 N–H and O–H groups in total. The second kappa shape index (κ2) is 7.61. The Kier molecular flexibility index (Phi) is 5.14. The summed E-state index contributed by atoms with van der Waals surface area (Å²) >= 11 is 0. The number of hydrogen-bond donors (Lipinski definition) is 1. The average molecular weight is 413 g/mol. The van der Waals surface area contributed by atoms with Crippen molar-refractivity contribution in [2.24, 2.45) is 0 Å². The summed E-state index contributed by atoms with van der Waals surface area (Å²) < 4.78 is 25.6. The first-order chi connectivity index (χ1) is 13.9. The van der Waals surface area contributed by atoms with Crippen molar-refractivity contribution in [2.75, 3.05) is 27.2 Å². The standard InChI is InChI=1S/C21H24N4O3S/c1-24(2)29(27,28)17-11-9-15(10-12-17)21(26)25-13-5-6-16(14-25)20-22-18-7-3-4-8-19(18)23-20/h3-4,7-12,16H,5-6,13-14H2,1-2H3,(H,22,23). The number of para-hydroxylation sites is 2. The van der Waals surface area contributed by atoms with Crippen LogP contribution < -0.4 is 0 Å². The number of nitrogens with one attached hydrogen (secondary N) is 1. The van der Waals surface area contributed by atoms with Crippen molar-refractivity contribution in [2.45, 2.75) is 23.7 Å². The van der Waals surface area contributed by atoms with Gasteiger partial charge in [0.25, 0.3) is 5.91 Å². The van der Waals surface area contributed by atoms with Gasteiger partial charge in [-0.25, -0.2) is 17.7 Å². The maximum Gasteiger partial charge on any atom is 0.253 e. The Hall–Kier alpha value is -2.71. The molecule has 1 aliphatic heterocycles. The van der Waals surface area contributed by atoms with Gasteiger partial charge in [0.05, 0.1) is 15.9 Å². The predicted molar refractivity (Wildman–Crippen MR) is 111 cm³/mol. The number of sulfonamides is 1. The first-order valence-corrected chi connectivity index (χ1v) is 11.1. The van der Waals surface area contributed by atoms with Gasteiger partial charge in [-0.05, 0) is 49.2 Å². The van der Waals surface area contributed by atoms with Gasteiger partial charge in [-0.2, -0.15) is 0 Å². The zero-order chi connectivity index (χ0) is 20.6. The molecule has 29 heavy (non-hydrogen) atoms. The van der Waals surface area contributed by atoms with Gasteiger partial charge in [0.15, 0.2) is 0 Å². The molecule has 1 aliphatic rings. The average Bonchev–Trinajstić information content (AvgIpc) is 3.18. The number of aromatic nitrogens is 2. The van der Waals surface area contributed by atoms with Crippen molar-refractivity contribution in [1.29, 1.82) is 0 Å². The summed E-state index contributed by atoms with van der Waals surface area (Å²) in [6.07, 6.45) is 1.88. The molecule has 8 heteroatoms. The third-order valence-corrected chi connectivity index (χ3v) is 7.21. The molecule has 1 unspecified atom stereocenters. The molecule has 1 fully saturated rings. The molecule has 7 nitrogen and oxygen atoms in total. The monoisotopic (exact) mass is 412 g/mol. The topological polar surface area (TPSA) is 86.4 Å². The Morgan fingerprint density at radius 2 is 1.86 bits per heavy atom. The van der Waals surface area contributed by atoms with Crippen LogP contribution >= 0.6 is 0 Å². The summed E-state index contributed by atoms with van der Waals surface area (Å²) in [6, 6.07) is 14.1. The van der Waals surface area contributed by atoms with E-state index in [0.29, 0.717) is 18.7 Å². The molecule has 152 valence electrons. The Morgan fingerprint density at radius 1 is 1.14 bits per heavy atom. The number of hydrogen-bond acceptors (Lipinski definition) is 4. The second-order valence-electron chi connectivity index (χ2n) is 7.54. The van der Waals surface area contributed by atoms with Crippen molar-refractivity contribution < 1.29 is 13.2 Å². The first kappa shape index (κ1) is 19.6. The van der Waals surface area contributed by atoms with Crippen molar-refractivity contribution >= 4 is 27.0 Å². The van der Waals surface area contributed by atoms with Crippen LogP contribution in [0.2, 0.25) is 0 Å². The molecule has 0 aliphatic carbocycles. The molecule has 1 saturated heterocycles. The molecule has 2 aromatic carbocycles. The number of carbonyl (C=O) groups excluding carboxylic acids is 1. The summed E-state index contributed by atoms with van der Waals surface area (Å²) in [5.41, 5.74) is 2.43. The minimum Gasteiger partial charge on any atom is -0.342 e. The van der Waals surface area contributed by atoms with Crippen LogP contribution in [0.25, 0.3) is 11.0 Å². The minimum atomic E-state index is -3.51. The fraction of sp³-hybridized carbons (Fsp3) is 0.333. The van der Waals surface area contributed by atoms with Crippen LogP contribution in [0, 0.1) is 0 Å². The van der Waals surface area contributed by atoms with E-state index in [2.05, 4.69) is 4.98 Å². The lowest BCUT2D eigenvalue weighted by molar-refractivity contribution is 0.0705. The summed E-state index contributed by atoms with van der Waals surface area (Å²) in [5, 5.41) is 0. The number of benzene rings is 2. The van der Waals surface area contributed by atoms with Gasteiger partial charge >= 0.3 is 0 Å². The van der Waals surface area contributed by atoms with Crippen molar-refractivity contribution in [3.63, 3.8) is 0 Å². The number of imidazole rings is 1. The highest BCUT2D eigenvalue weighted by Crippen LogP contribution is 2.28. The Balaban J connectivity index is 1.51. The van der Waals surface area contributed by atoms with Gasteiger partial charge in [0, 0.05) is 38.7 Å². The lowest BCUT2D eigenvalue weighted by atomic mass is 9.96. The third-order valence-electron chi connectivity index (χ3n) is 5.38. The molecule has 2 heterocycles. The van der Waals surface area contributed by atoms with E-state index >= 15 is 0 Å². The minimum absolute atomic E-state index is 0.0837. The predicted octanol–water partition coefficient (Wildman–Crippen LogP) is 2.83. The number of carbonyl (C=O) groups is 1. The zero-order valence-corrected chi connectivity index (χ0v) is 17.3. The summed E-state index contributed by atoms with van der Waals surface area (Å²) in [5.74, 6) is 0.990. The van der Waals surface area contributed by atoms with E-state index in [-0.39, 0.29) is 16.7 Å². The molecular formula is C21H24N4O3S. The van der Waals surface area contributed by atoms with Gasteiger partial charge in [-0.3, -0.25) is 4.79 Å². The Bertz CT molecular complexity index is 1100. The first-order valence-electron chi connectivity index (χ1n) is 9.63. The molecule has 0 saturated carbocycles. The number of fused-ring (bicyclic) bond motifs is 1. The number of nitrogens with zero attached hydrogens (tertiary/aromatic N) is 3. The van der Waals surface area contributed by atoms with Crippen LogP contribution in [0.1, 0.15) is 34.9 Å². The normalized spacial score (nSPS) is 17.8. The van der Waals surface area contributed by atoms with E-state index in [1.807, 2.05) is 29.2 Å². The van der Waals surface area contributed by atoms with E-state index in [0.717, 1.165) is 34.0 Å². The molecule has 0 radical (unpaired) electrons. The molecule has 1 atom stereocenters. The summed E-state index contributed by atoms with van der Waals surface area (Å²) in [6.45, 7) is 1.28. The van der Waals surface area contributed by atoms with Crippen LogP contribution in [-0.2, 0) is 10.0 Å². The quantitative estimate of drug-likeness (QED) is 0.714. The van der Waals surface area contributed by atoms with Crippen LogP contribution in [-0.4, -0.2) is 60.7 Å². The second-order valence-corrected chi connectivity index (χ2v) is 9.69. The van der Waals surface area contributed by atoms with E-state index < -0.39 is 10.0 Å².